The van der Waals surface area contributed by atoms with E-state index in [0.717, 1.165) is 44.8 Å². The molecule has 6 nitrogen and oxygen atoms in total. The van der Waals surface area contributed by atoms with Gasteiger partial charge in [0.2, 0.25) is 0 Å². The van der Waals surface area contributed by atoms with Gasteiger partial charge in [-0.1, -0.05) is 30.3 Å². The largest absolute Gasteiger partial charge is 0.497 e. The monoisotopic (exact) mass is 446 g/mol. The Morgan fingerprint density at radius 1 is 1.09 bits per heavy atom. The summed E-state index contributed by atoms with van der Waals surface area (Å²) in [7, 11) is 3.38. The van der Waals surface area contributed by atoms with Gasteiger partial charge in [-0.05, 0) is 55.6 Å². The minimum atomic E-state index is -2.84. The minimum Gasteiger partial charge on any atom is -0.497 e. The molecule has 0 aromatic heterocycles. The summed E-state index contributed by atoms with van der Waals surface area (Å²) in [6.45, 7) is 1.40. The standard InChI is InChI=1S/C24H32F2N4O2/c1-27-24(29-16-20-5-3-4-6-22(20)32-23(25)26)28-15-18-11-13-30(14-12-18)17-19-7-9-21(31-2)10-8-19/h3-10,18,23H,11-17H2,1-2H3,(H2,27,28,29). The summed E-state index contributed by atoms with van der Waals surface area (Å²) in [5.74, 6) is 2.27. The first kappa shape index (κ1) is 23.8. The van der Waals surface area contributed by atoms with Crippen molar-refractivity contribution >= 4 is 5.96 Å². The number of hydrogen-bond donors (Lipinski definition) is 2. The summed E-state index contributed by atoms with van der Waals surface area (Å²) in [5.41, 5.74) is 1.95. The van der Waals surface area contributed by atoms with E-state index in [2.05, 4.69) is 37.4 Å². The van der Waals surface area contributed by atoms with Gasteiger partial charge in [0.1, 0.15) is 11.5 Å². The van der Waals surface area contributed by atoms with Crippen molar-refractivity contribution in [2.75, 3.05) is 33.8 Å². The van der Waals surface area contributed by atoms with Crippen molar-refractivity contribution in [3.8, 4) is 11.5 Å². The first-order valence-electron chi connectivity index (χ1n) is 10.9. The molecule has 1 aliphatic rings. The zero-order valence-electron chi connectivity index (χ0n) is 18.7. The molecular weight excluding hydrogens is 414 g/mol. The number of piperidine rings is 1. The third kappa shape index (κ3) is 7.37. The van der Waals surface area contributed by atoms with E-state index in [1.165, 1.54) is 5.56 Å². The van der Waals surface area contributed by atoms with Gasteiger partial charge in [0.15, 0.2) is 5.96 Å². The minimum absolute atomic E-state index is 0.176. The van der Waals surface area contributed by atoms with Crippen molar-refractivity contribution in [2.45, 2.75) is 32.5 Å². The van der Waals surface area contributed by atoms with E-state index in [-0.39, 0.29) is 5.75 Å². The Kier molecular flexibility index (Phi) is 9.10. The van der Waals surface area contributed by atoms with Crippen molar-refractivity contribution in [2.24, 2.45) is 10.9 Å². The molecule has 3 rings (SSSR count). The molecule has 32 heavy (non-hydrogen) atoms. The third-order valence-corrected chi connectivity index (χ3v) is 5.69. The summed E-state index contributed by atoms with van der Waals surface area (Å²) in [4.78, 5) is 6.73. The molecule has 2 aromatic rings. The Morgan fingerprint density at radius 3 is 2.47 bits per heavy atom. The summed E-state index contributed by atoms with van der Waals surface area (Å²) < 4.78 is 35.0. The number of nitrogens with one attached hydrogen (secondary N) is 2. The van der Waals surface area contributed by atoms with Gasteiger partial charge in [0, 0.05) is 32.2 Å². The number of ether oxygens (including phenoxy) is 2. The average Bonchev–Trinajstić information content (AvgIpc) is 2.81. The lowest BCUT2D eigenvalue weighted by Crippen LogP contribution is -2.42. The number of alkyl halides is 2. The van der Waals surface area contributed by atoms with Crippen LogP contribution < -0.4 is 20.1 Å². The van der Waals surface area contributed by atoms with Gasteiger partial charge in [0.25, 0.3) is 0 Å². The molecule has 0 amide bonds. The van der Waals surface area contributed by atoms with Crippen molar-refractivity contribution < 1.29 is 18.3 Å². The smallest absolute Gasteiger partial charge is 0.387 e. The van der Waals surface area contributed by atoms with Crippen molar-refractivity contribution in [3.05, 3.63) is 59.7 Å². The van der Waals surface area contributed by atoms with E-state index in [0.29, 0.717) is 24.0 Å². The highest BCUT2D eigenvalue weighted by molar-refractivity contribution is 5.79. The van der Waals surface area contributed by atoms with Crippen LogP contribution in [0.2, 0.25) is 0 Å². The van der Waals surface area contributed by atoms with Gasteiger partial charge in [-0.2, -0.15) is 8.78 Å². The van der Waals surface area contributed by atoms with E-state index < -0.39 is 6.61 Å². The Bertz CT molecular complexity index is 853. The number of halogens is 2. The van der Waals surface area contributed by atoms with Crippen LogP contribution in [0.15, 0.2) is 53.5 Å². The fourth-order valence-electron chi connectivity index (χ4n) is 3.84. The van der Waals surface area contributed by atoms with E-state index in [4.69, 9.17) is 4.74 Å². The molecule has 2 N–H and O–H groups in total. The Morgan fingerprint density at radius 2 is 1.81 bits per heavy atom. The van der Waals surface area contributed by atoms with Crippen LogP contribution in [0.3, 0.4) is 0 Å². The zero-order chi connectivity index (χ0) is 22.8. The number of guanidine groups is 1. The lowest BCUT2D eigenvalue weighted by molar-refractivity contribution is -0.0504. The van der Waals surface area contributed by atoms with Gasteiger partial charge >= 0.3 is 6.61 Å². The van der Waals surface area contributed by atoms with E-state index in [1.807, 2.05) is 12.1 Å². The van der Waals surface area contributed by atoms with Crippen molar-refractivity contribution in [3.63, 3.8) is 0 Å². The summed E-state index contributed by atoms with van der Waals surface area (Å²) in [6.07, 6.45) is 2.23. The molecule has 174 valence electrons. The zero-order valence-corrected chi connectivity index (χ0v) is 18.7. The Balaban J connectivity index is 1.39. The van der Waals surface area contributed by atoms with Gasteiger partial charge in [-0.15, -0.1) is 0 Å². The summed E-state index contributed by atoms with van der Waals surface area (Å²) in [6, 6.07) is 15.0. The maximum absolute atomic E-state index is 12.6. The molecule has 2 aromatic carbocycles. The fourth-order valence-corrected chi connectivity index (χ4v) is 3.84. The lowest BCUT2D eigenvalue weighted by Gasteiger charge is -2.32. The molecule has 0 bridgehead atoms. The molecule has 0 atom stereocenters. The summed E-state index contributed by atoms with van der Waals surface area (Å²) >= 11 is 0. The first-order valence-corrected chi connectivity index (χ1v) is 10.9. The van der Waals surface area contributed by atoms with Gasteiger partial charge in [-0.25, -0.2) is 0 Å². The maximum Gasteiger partial charge on any atom is 0.387 e. The second-order valence-corrected chi connectivity index (χ2v) is 7.86. The van der Waals surface area contributed by atoms with Crippen LogP contribution in [0, 0.1) is 5.92 Å². The predicted octanol–water partition coefficient (Wildman–Crippen LogP) is 3.87. The van der Waals surface area contributed by atoms with E-state index >= 15 is 0 Å². The maximum atomic E-state index is 12.6. The van der Waals surface area contributed by atoms with Gasteiger partial charge < -0.3 is 20.1 Å². The number of methoxy groups -OCH3 is 1. The van der Waals surface area contributed by atoms with Crippen molar-refractivity contribution in [1.29, 1.82) is 0 Å². The number of hydrogen-bond acceptors (Lipinski definition) is 4. The highest BCUT2D eigenvalue weighted by Gasteiger charge is 2.19. The molecule has 1 heterocycles. The number of para-hydroxylation sites is 1. The molecule has 0 radical (unpaired) electrons. The van der Waals surface area contributed by atoms with E-state index in [9.17, 15) is 8.78 Å². The SMILES string of the molecule is CN=C(NCc1ccccc1OC(F)F)NCC1CCN(Cc2ccc(OC)cc2)CC1. The molecule has 1 aliphatic heterocycles. The molecular formula is C24H32F2N4O2. The number of aliphatic imine (C=N–C) groups is 1. The number of nitrogens with zero attached hydrogens (tertiary/aromatic N) is 2. The lowest BCUT2D eigenvalue weighted by atomic mass is 9.96. The molecule has 8 heteroatoms. The predicted molar refractivity (Wildman–Crippen MR) is 122 cm³/mol. The van der Waals surface area contributed by atoms with Crippen LogP contribution in [0.25, 0.3) is 0 Å². The first-order chi connectivity index (χ1) is 15.6. The molecule has 0 spiro atoms. The van der Waals surface area contributed by atoms with E-state index in [1.54, 1.807) is 38.4 Å². The molecule has 1 saturated heterocycles. The normalized spacial score (nSPS) is 15.6. The fraction of sp³-hybridized carbons (Fsp3) is 0.458. The highest BCUT2D eigenvalue weighted by Crippen LogP contribution is 2.21. The van der Waals surface area contributed by atoms with Gasteiger partial charge in [-0.3, -0.25) is 9.89 Å². The van der Waals surface area contributed by atoms with Crippen LogP contribution in [0.1, 0.15) is 24.0 Å². The third-order valence-electron chi connectivity index (χ3n) is 5.69. The number of benzene rings is 2. The highest BCUT2D eigenvalue weighted by atomic mass is 19.3. The van der Waals surface area contributed by atoms with Crippen LogP contribution in [0.5, 0.6) is 11.5 Å². The molecule has 0 unspecified atom stereocenters. The average molecular weight is 447 g/mol. The van der Waals surface area contributed by atoms with Crippen LogP contribution in [-0.4, -0.2) is 51.3 Å². The van der Waals surface area contributed by atoms with Crippen molar-refractivity contribution in [1.82, 2.24) is 15.5 Å². The summed E-state index contributed by atoms with van der Waals surface area (Å²) in [5, 5.41) is 6.55. The topological polar surface area (TPSA) is 58.1 Å². The second-order valence-electron chi connectivity index (χ2n) is 7.86. The Labute approximate surface area is 188 Å². The molecule has 0 aliphatic carbocycles. The quantitative estimate of drug-likeness (QED) is 0.452. The Hall–Kier alpha value is -2.87. The van der Waals surface area contributed by atoms with Crippen LogP contribution in [-0.2, 0) is 13.1 Å². The molecule has 0 saturated carbocycles. The number of likely N-dealkylation sites (tertiary alicyclic amines) is 1. The van der Waals surface area contributed by atoms with Crippen LogP contribution in [0.4, 0.5) is 8.78 Å². The second kappa shape index (κ2) is 12.2. The van der Waals surface area contributed by atoms with Crippen LogP contribution >= 0.6 is 0 Å². The van der Waals surface area contributed by atoms with Gasteiger partial charge in [0.05, 0.1) is 7.11 Å². The molecule has 1 fully saturated rings. The number of rotatable bonds is 9.